The number of anilines is 1. The number of nitrogen functional groups attached to an aromatic ring is 1. The number of nitrogens with two attached hydrogens (primary N) is 1. The summed E-state index contributed by atoms with van der Waals surface area (Å²) in [4.78, 5) is 3.89. The zero-order valence-electron chi connectivity index (χ0n) is 10.7. The molecule has 1 saturated heterocycles. The normalized spacial score (nSPS) is 22.1. The third kappa shape index (κ3) is 2.88. The van der Waals surface area contributed by atoms with Gasteiger partial charge in [0.1, 0.15) is 0 Å². The van der Waals surface area contributed by atoms with Crippen LogP contribution in [0.3, 0.4) is 0 Å². The van der Waals surface area contributed by atoms with Gasteiger partial charge in [0.15, 0.2) is 5.03 Å². The molecule has 0 spiro atoms. The summed E-state index contributed by atoms with van der Waals surface area (Å²) in [5.74, 6) is 0. The molecule has 0 bridgehead atoms. The summed E-state index contributed by atoms with van der Waals surface area (Å²) in [6, 6.07) is 2.74. The van der Waals surface area contributed by atoms with Crippen LogP contribution in [0.2, 0.25) is 0 Å². The summed E-state index contributed by atoms with van der Waals surface area (Å²) in [5.41, 5.74) is 5.85. The summed E-state index contributed by atoms with van der Waals surface area (Å²) in [5, 5.41) is 9.29. The van der Waals surface area contributed by atoms with Crippen LogP contribution >= 0.6 is 0 Å². The van der Waals surface area contributed by atoms with Crippen LogP contribution in [0.1, 0.15) is 25.7 Å². The molecule has 1 aromatic heterocycles. The fourth-order valence-corrected chi connectivity index (χ4v) is 4.10. The summed E-state index contributed by atoms with van der Waals surface area (Å²) < 4.78 is 26.6. The minimum atomic E-state index is -3.74. The number of hydrogen-bond donors (Lipinski definition) is 2. The van der Waals surface area contributed by atoms with Crippen LogP contribution in [0, 0.1) is 0 Å². The average molecular weight is 285 g/mol. The van der Waals surface area contributed by atoms with Crippen molar-refractivity contribution in [2.75, 3.05) is 18.9 Å². The van der Waals surface area contributed by atoms with Crippen LogP contribution in [0.25, 0.3) is 0 Å². The third-order valence-electron chi connectivity index (χ3n) is 3.39. The Balaban J connectivity index is 2.39. The maximum Gasteiger partial charge on any atom is 0.262 e. The van der Waals surface area contributed by atoms with Crippen LogP contribution in [0.5, 0.6) is 0 Å². The van der Waals surface area contributed by atoms with Gasteiger partial charge in [-0.3, -0.25) is 0 Å². The number of nitrogens with zero attached hydrogens (tertiary/aromatic N) is 2. The van der Waals surface area contributed by atoms with Crippen molar-refractivity contribution in [3.63, 3.8) is 0 Å². The van der Waals surface area contributed by atoms with E-state index in [4.69, 9.17) is 5.73 Å². The highest BCUT2D eigenvalue weighted by Crippen LogP contribution is 2.26. The molecule has 0 amide bonds. The Morgan fingerprint density at radius 2 is 2.21 bits per heavy atom. The van der Waals surface area contributed by atoms with E-state index in [1.165, 1.54) is 16.6 Å². The highest BCUT2D eigenvalue weighted by Gasteiger charge is 2.34. The highest BCUT2D eigenvalue weighted by atomic mass is 32.2. The van der Waals surface area contributed by atoms with Crippen molar-refractivity contribution in [3.8, 4) is 0 Å². The smallest absolute Gasteiger partial charge is 0.262 e. The van der Waals surface area contributed by atoms with Crippen molar-refractivity contribution < 1.29 is 13.5 Å². The van der Waals surface area contributed by atoms with Crippen molar-refractivity contribution in [2.24, 2.45) is 0 Å². The molecule has 19 heavy (non-hydrogen) atoms. The number of aromatic nitrogens is 1. The minimum absolute atomic E-state index is 0.115. The second-order valence-electron chi connectivity index (χ2n) is 4.70. The number of rotatable bonds is 3. The summed E-state index contributed by atoms with van der Waals surface area (Å²) in [6.45, 7) is 0.232. The molecule has 7 heteroatoms. The molecule has 1 fully saturated rings. The average Bonchev–Trinajstić information content (AvgIpc) is 2.64. The Morgan fingerprint density at radius 3 is 2.89 bits per heavy atom. The molecule has 3 N–H and O–H groups in total. The lowest BCUT2D eigenvalue weighted by Crippen LogP contribution is -2.42. The molecule has 0 aromatic carbocycles. The van der Waals surface area contributed by atoms with Gasteiger partial charge in [0.05, 0.1) is 12.3 Å². The topological polar surface area (TPSA) is 96.5 Å². The van der Waals surface area contributed by atoms with Crippen molar-refractivity contribution in [2.45, 2.75) is 36.8 Å². The highest BCUT2D eigenvalue weighted by molar-refractivity contribution is 7.89. The molecule has 2 rings (SSSR count). The summed E-state index contributed by atoms with van der Waals surface area (Å²) in [7, 11) is -3.74. The number of sulfonamides is 1. The minimum Gasteiger partial charge on any atom is -0.396 e. The summed E-state index contributed by atoms with van der Waals surface area (Å²) in [6.07, 6.45) is 4.77. The quantitative estimate of drug-likeness (QED) is 0.847. The van der Waals surface area contributed by atoms with Crippen molar-refractivity contribution in [3.05, 3.63) is 18.3 Å². The number of aliphatic hydroxyl groups is 1. The Kier molecular flexibility index (Phi) is 4.38. The largest absolute Gasteiger partial charge is 0.396 e. The Labute approximate surface area is 113 Å². The van der Waals surface area contributed by atoms with Gasteiger partial charge < -0.3 is 10.8 Å². The van der Waals surface area contributed by atoms with Gasteiger partial charge in [-0.25, -0.2) is 13.4 Å². The molecule has 6 nitrogen and oxygen atoms in total. The fraction of sp³-hybridized carbons (Fsp3) is 0.583. The molecule has 106 valence electrons. The van der Waals surface area contributed by atoms with Crippen LogP contribution in [-0.4, -0.2) is 42.0 Å². The number of pyridine rings is 1. The number of aliphatic hydroxyl groups excluding tert-OH is 1. The Hall–Kier alpha value is -1.18. The monoisotopic (exact) mass is 285 g/mol. The van der Waals surface area contributed by atoms with E-state index in [0.29, 0.717) is 13.0 Å². The van der Waals surface area contributed by atoms with Crippen molar-refractivity contribution in [1.82, 2.24) is 9.29 Å². The van der Waals surface area contributed by atoms with Gasteiger partial charge >= 0.3 is 0 Å². The molecule has 1 aliphatic rings. The molecule has 2 heterocycles. The van der Waals surface area contributed by atoms with Crippen LogP contribution in [0.4, 0.5) is 5.69 Å². The Bertz CT molecular complexity index is 533. The van der Waals surface area contributed by atoms with Gasteiger partial charge in [-0.1, -0.05) is 12.8 Å². The first kappa shape index (κ1) is 14.2. The maximum atomic E-state index is 12.6. The third-order valence-corrected chi connectivity index (χ3v) is 5.32. The van der Waals surface area contributed by atoms with Gasteiger partial charge in [0.2, 0.25) is 0 Å². The fourth-order valence-electron chi connectivity index (χ4n) is 2.38. The first-order valence-corrected chi connectivity index (χ1v) is 7.84. The molecular weight excluding hydrogens is 266 g/mol. The van der Waals surface area contributed by atoms with E-state index in [0.717, 1.165) is 19.3 Å². The molecule has 1 aliphatic heterocycles. The van der Waals surface area contributed by atoms with Gasteiger partial charge in [0, 0.05) is 18.8 Å². The molecular formula is C12H19N3O3S. The number of hydrogen-bond acceptors (Lipinski definition) is 5. The molecule has 0 saturated carbocycles. The Morgan fingerprint density at radius 1 is 1.42 bits per heavy atom. The van der Waals surface area contributed by atoms with E-state index < -0.39 is 10.0 Å². The first-order chi connectivity index (χ1) is 9.07. The van der Waals surface area contributed by atoms with E-state index in [-0.39, 0.29) is 23.4 Å². The zero-order chi connectivity index (χ0) is 13.9. The standard InChI is InChI=1S/C12H19N3O3S/c13-11-6-4-7-14-12(11)19(17,18)15-8-3-1-2-5-10(15)9-16/h4,6-7,10,16H,1-3,5,8-9,13H2. The van der Waals surface area contributed by atoms with Crippen molar-refractivity contribution >= 4 is 15.7 Å². The van der Waals surface area contributed by atoms with E-state index in [1.54, 1.807) is 6.07 Å². The first-order valence-electron chi connectivity index (χ1n) is 6.40. The zero-order valence-corrected chi connectivity index (χ0v) is 11.5. The predicted molar refractivity (Wildman–Crippen MR) is 71.9 cm³/mol. The second kappa shape index (κ2) is 5.85. The van der Waals surface area contributed by atoms with E-state index >= 15 is 0 Å². The molecule has 1 unspecified atom stereocenters. The van der Waals surface area contributed by atoms with Gasteiger partial charge in [-0.2, -0.15) is 4.31 Å². The van der Waals surface area contributed by atoms with Crippen LogP contribution in [0.15, 0.2) is 23.4 Å². The van der Waals surface area contributed by atoms with Gasteiger partial charge in [-0.15, -0.1) is 0 Å². The lowest BCUT2D eigenvalue weighted by molar-refractivity contribution is 0.186. The van der Waals surface area contributed by atoms with Crippen molar-refractivity contribution in [1.29, 1.82) is 0 Å². The molecule has 0 aliphatic carbocycles. The summed E-state index contributed by atoms with van der Waals surface area (Å²) >= 11 is 0. The maximum absolute atomic E-state index is 12.6. The lowest BCUT2D eigenvalue weighted by atomic mass is 10.1. The van der Waals surface area contributed by atoms with Gasteiger partial charge in [-0.05, 0) is 25.0 Å². The molecule has 1 aromatic rings. The van der Waals surface area contributed by atoms with Crippen LogP contribution in [-0.2, 0) is 10.0 Å². The molecule has 1 atom stereocenters. The van der Waals surface area contributed by atoms with E-state index in [9.17, 15) is 13.5 Å². The van der Waals surface area contributed by atoms with E-state index in [2.05, 4.69) is 4.98 Å². The van der Waals surface area contributed by atoms with E-state index in [1.807, 2.05) is 0 Å². The lowest BCUT2D eigenvalue weighted by Gasteiger charge is -2.27. The SMILES string of the molecule is Nc1cccnc1S(=O)(=O)N1CCCCCC1CO. The molecule has 0 radical (unpaired) electrons. The predicted octanol–water partition coefficient (Wildman–Crippen LogP) is 0.589. The van der Waals surface area contributed by atoms with Crippen LogP contribution < -0.4 is 5.73 Å². The van der Waals surface area contributed by atoms with Gasteiger partial charge in [0.25, 0.3) is 10.0 Å². The second-order valence-corrected chi connectivity index (χ2v) is 6.51.